The second-order valence-corrected chi connectivity index (χ2v) is 4.69. The highest BCUT2D eigenvalue weighted by molar-refractivity contribution is 5.51. The van der Waals surface area contributed by atoms with Crippen LogP contribution in [0.15, 0.2) is 18.2 Å². The topological polar surface area (TPSA) is 112 Å². The number of nitriles is 2. The number of nitrogens with zero attached hydrogens (tertiary/aromatic N) is 3. The van der Waals surface area contributed by atoms with Crippen molar-refractivity contribution in [3.63, 3.8) is 0 Å². The summed E-state index contributed by atoms with van der Waals surface area (Å²) < 4.78 is 5.37. The van der Waals surface area contributed by atoms with E-state index in [2.05, 4.69) is 11.4 Å². The number of nitro benzene ring substituents is 1. The van der Waals surface area contributed by atoms with E-state index in [9.17, 15) is 10.1 Å². The molecule has 0 aliphatic rings. The van der Waals surface area contributed by atoms with Gasteiger partial charge in [-0.2, -0.15) is 10.5 Å². The van der Waals surface area contributed by atoms with Crippen LogP contribution < -0.4 is 10.1 Å². The van der Waals surface area contributed by atoms with Crippen LogP contribution in [0.5, 0.6) is 5.75 Å². The molecule has 0 saturated heterocycles. The van der Waals surface area contributed by atoms with Gasteiger partial charge in [0, 0.05) is 18.5 Å². The summed E-state index contributed by atoms with van der Waals surface area (Å²) in [7, 11) is 0. The Kier molecular flexibility index (Phi) is 6.12. The molecular formula is C14H16N4O3. The van der Waals surface area contributed by atoms with Crippen LogP contribution in [0.1, 0.15) is 25.8 Å². The molecule has 7 nitrogen and oxygen atoms in total. The summed E-state index contributed by atoms with van der Waals surface area (Å²) in [5.41, 5.74) is -0.0511. The third-order valence-electron chi connectivity index (χ3n) is 2.64. The molecule has 0 spiro atoms. The molecule has 0 amide bonds. The van der Waals surface area contributed by atoms with Crippen molar-refractivity contribution in [1.29, 1.82) is 10.5 Å². The Bertz CT molecular complexity index is 587. The monoisotopic (exact) mass is 288 g/mol. The summed E-state index contributed by atoms with van der Waals surface area (Å²) >= 11 is 0. The molecule has 0 aliphatic heterocycles. The highest BCUT2D eigenvalue weighted by Gasteiger charge is 2.17. The van der Waals surface area contributed by atoms with Crippen LogP contribution in [0.25, 0.3) is 0 Å². The number of hydrogen-bond donors (Lipinski definition) is 1. The van der Waals surface area contributed by atoms with Gasteiger partial charge in [-0.1, -0.05) is 0 Å². The van der Waals surface area contributed by atoms with Crippen molar-refractivity contribution in [2.45, 2.75) is 32.4 Å². The number of hydrogen-bond acceptors (Lipinski definition) is 6. The number of rotatable bonds is 7. The molecule has 1 unspecified atom stereocenters. The van der Waals surface area contributed by atoms with Gasteiger partial charge in [-0.15, -0.1) is 0 Å². The van der Waals surface area contributed by atoms with Crippen molar-refractivity contribution in [1.82, 2.24) is 5.32 Å². The van der Waals surface area contributed by atoms with Gasteiger partial charge in [-0.3, -0.25) is 15.4 Å². The number of nitro groups is 1. The van der Waals surface area contributed by atoms with Gasteiger partial charge in [0.05, 0.1) is 35.3 Å². The second-order valence-electron chi connectivity index (χ2n) is 4.69. The standard InChI is InChI=1S/C14H16N4O3/c1-10(2)17-12(9-16)5-6-21-14-4-3-11(8-15)7-13(14)18(19)20/h3-4,7,10,12,17H,5-6H2,1-2H3. The highest BCUT2D eigenvalue weighted by Crippen LogP contribution is 2.27. The van der Waals surface area contributed by atoms with E-state index in [1.54, 1.807) is 0 Å². The van der Waals surface area contributed by atoms with Gasteiger partial charge in [0.15, 0.2) is 5.75 Å². The Balaban J connectivity index is 2.70. The third-order valence-corrected chi connectivity index (χ3v) is 2.64. The van der Waals surface area contributed by atoms with Crippen LogP contribution in [0.2, 0.25) is 0 Å². The summed E-state index contributed by atoms with van der Waals surface area (Å²) in [6.45, 7) is 4.03. The summed E-state index contributed by atoms with van der Waals surface area (Å²) in [4.78, 5) is 10.3. The van der Waals surface area contributed by atoms with Gasteiger partial charge in [0.2, 0.25) is 0 Å². The molecule has 1 aromatic rings. The molecule has 21 heavy (non-hydrogen) atoms. The average Bonchev–Trinajstić information content (AvgIpc) is 2.45. The van der Waals surface area contributed by atoms with E-state index in [1.807, 2.05) is 19.9 Å². The van der Waals surface area contributed by atoms with Crippen LogP contribution in [0.3, 0.4) is 0 Å². The smallest absolute Gasteiger partial charge is 0.312 e. The molecule has 0 aliphatic carbocycles. The SMILES string of the molecule is CC(C)NC(C#N)CCOc1ccc(C#N)cc1[N+](=O)[O-]. The molecule has 110 valence electrons. The molecule has 0 saturated carbocycles. The fraction of sp³-hybridized carbons (Fsp3) is 0.429. The van der Waals surface area contributed by atoms with E-state index >= 15 is 0 Å². The Hall–Kier alpha value is -2.64. The molecule has 1 N–H and O–H groups in total. The third kappa shape index (κ3) is 5.09. The first kappa shape index (κ1) is 16.4. The Morgan fingerprint density at radius 2 is 2.14 bits per heavy atom. The fourth-order valence-corrected chi connectivity index (χ4v) is 1.73. The van der Waals surface area contributed by atoms with Gasteiger partial charge in [-0.25, -0.2) is 0 Å². The van der Waals surface area contributed by atoms with Crippen molar-refractivity contribution in [2.75, 3.05) is 6.61 Å². The van der Waals surface area contributed by atoms with Crippen molar-refractivity contribution < 1.29 is 9.66 Å². The largest absolute Gasteiger partial charge is 0.487 e. The molecular weight excluding hydrogens is 272 g/mol. The Morgan fingerprint density at radius 3 is 2.67 bits per heavy atom. The maximum Gasteiger partial charge on any atom is 0.312 e. The van der Waals surface area contributed by atoms with Gasteiger partial charge in [-0.05, 0) is 26.0 Å². The lowest BCUT2D eigenvalue weighted by Gasteiger charge is -2.14. The van der Waals surface area contributed by atoms with E-state index < -0.39 is 4.92 Å². The zero-order chi connectivity index (χ0) is 15.8. The van der Waals surface area contributed by atoms with Gasteiger partial charge >= 0.3 is 5.69 Å². The quantitative estimate of drug-likeness (QED) is 0.607. The first-order valence-electron chi connectivity index (χ1n) is 6.45. The van der Waals surface area contributed by atoms with E-state index in [0.29, 0.717) is 6.42 Å². The highest BCUT2D eigenvalue weighted by atomic mass is 16.6. The minimum atomic E-state index is -0.593. The normalized spacial score (nSPS) is 11.5. The minimum Gasteiger partial charge on any atom is -0.487 e. The van der Waals surface area contributed by atoms with Crippen LogP contribution in [0.4, 0.5) is 5.69 Å². The van der Waals surface area contributed by atoms with Crippen LogP contribution in [-0.2, 0) is 0 Å². The molecule has 0 radical (unpaired) electrons. The average molecular weight is 288 g/mol. The predicted molar refractivity (Wildman–Crippen MR) is 75.6 cm³/mol. The maximum atomic E-state index is 10.9. The molecule has 0 bridgehead atoms. The molecule has 1 atom stereocenters. The Labute approximate surface area is 122 Å². The lowest BCUT2D eigenvalue weighted by atomic mass is 10.2. The number of ether oxygens (including phenoxy) is 1. The summed E-state index contributed by atoms with van der Waals surface area (Å²) in [6, 6.07) is 7.76. The van der Waals surface area contributed by atoms with Crippen molar-refractivity contribution in [3.8, 4) is 17.9 Å². The first-order chi connectivity index (χ1) is 9.97. The first-order valence-corrected chi connectivity index (χ1v) is 6.45. The molecule has 1 rings (SSSR count). The predicted octanol–water partition coefficient (Wildman–Crippen LogP) is 2.13. The van der Waals surface area contributed by atoms with E-state index in [4.69, 9.17) is 15.3 Å². The number of benzene rings is 1. The minimum absolute atomic E-state index is 0.0974. The number of nitrogens with one attached hydrogen (secondary N) is 1. The lowest BCUT2D eigenvalue weighted by Crippen LogP contribution is -2.34. The zero-order valence-corrected chi connectivity index (χ0v) is 11.9. The molecule has 1 aromatic carbocycles. The van der Waals surface area contributed by atoms with E-state index in [1.165, 1.54) is 18.2 Å². The summed E-state index contributed by atoms with van der Waals surface area (Å²) in [6.07, 6.45) is 0.409. The molecule has 0 heterocycles. The van der Waals surface area contributed by atoms with E-state index in [-0.39, 0.29) is 35.7 Å². The fourth-order valence-electron chi connectivity index (χ4n) is 1.73. The van der Waals surface area contributed by atoms with Crippen molar-refractivity contribution in [3.05, 3.63) is 33.9 Å². The molecule has 0 aromatic heterocycles. The Morgan fingerprint density at radius 1 is 1.43 bits per heavy atom. The second kappa shape index (κ2) is 7.83. The van der Waals surface area contributed by atoms with Crippen molar-refractivity contribution >= 4 is 5.69 Å². The van der Waals surface area contributed by atoms with Gasteiger partial charge in [0.25, 0.3) is 0 Å². The zero-order valence-electron chi connectivity index (χ0n) is 11.9. The van der Waals surface area contributed by atoms with Gasteiger partial charge < -0.3 is 4.74 Å². The summed E-state index contributed by atoms with van der Waals surface area (Å²) in [5.74, 6) is 0.0974. The van der Waals surface area contributed by atoms with Crippen LogP contribution in [-0.4, -0.2) is 23.6 Å². The van der Waals surface area contributed by atoms with Crippen LogP contribution >= 0.6 is 0 Å². The molecule has 0 fully saturated rings. The van der Waals surface area contributed by atoms with E-state index in [0.717, 1.165) is 0 Å². The van der Waals surface area contributed by atoms with Gasteiger partial charge in [0.1, 0.15) is 0 Å². The lowest BCUT2D eigenvalue weighted by molar-refractivity contribution is -0.385. The van der Waals surface area contributed by atoms with Crippen molar-refractivity contribution in [2.24, 2.45) is 0 Å². The van der Waals surface area contributed by atoms with Crippen LogP contribution in [0, 0.1) is 32.8 Å². The summed E-state index contributed by atoms with van der Waals surface area (Å²) in [5, 5.41) is 31.7. The molecule has 7 heteroatoms. The maximum absolute atomic E-state index is 10.9.